The Balaban J connectivity index is 1.30. The van der Waals surface area contributed by atoms with Crippen LogP contribution >= 0.6 is 11.8 Å². The van der Waals surface area contributed by atoms with Crippen LogP contribution in [0.15, 0.2) is 99.4 Å². The minimum Gasteiger partial charge on any atom is -0.409 e. The van der Waals surface area contributed by atoms with Gasteiger partial charge in [-0.3, -0.25) is 9.59 Å². The van der Waals surface area contributed by atoms with E-state index in [1.54, 1.807) is 6.07 Å². The number of aromatic nitrogens is 4. The normalized spacial score (nSPS) is 12.1. The van der Waals surface area contributed by atoms with Crippen molar-refractivity contribution in [2.45, 2.75) is 17.8 Å². The van der Waals surface area contributed by atoms with Crippen LogP contribution in [0.5, 0.6) is 0 Å². The topological polar surface area (TPSA) is 106 Å². The number of benzene rings is 3. The number of amides is 1. The summed E-state index contributed by atoms with van der Waals surface area (Å²) in [5.74, 6) is 0.174. The molecule has 10 heteroatoms. The zero-order chi connectivity index (χ0) is 27.2. The van der Waals surface area contributed by atoms with E-state index in [2.05, 4.69) is 25.5 Å². The van der Waals surface area contributed by atoms with Gasteiger partial charge < -0.3 is 14.6 Å². The van der Waals surface area contributed by atoms with Gasteiger partial charge in [0.1, 0.15) is 0 Å². The van der Waals surface area contributed by atoms with Crippen LogP contribution in [0.1, 0.15) is 17.2 Å². The molecular formula is C29H28N6O3S. The molecule has 0 saturated heterocycles. The van der Waals surface area contributed by atoms with Gasteiger partial charge in [0.15, 0.2) is 5.69 Å². The fourth-order valence-electron chi connectivity index (χ4n) is 4.28. The Morgan fingerprint density at radius 2 is 1.62 bits per heavy atom. The van der Waals surface area contributed by atoms with Gasteiger partial charge in [-0.2, -0.15) is 5.10 Å². The molecule has 5 rings (SSSR count). The number of fused-ring (bicyclic) bond motifs is 1. The zero-order valence-electron chi connectivity index (χ0n) is 21.7. The first-order chi connectivity index (χ1) is 19.0. The summed E-state index contributed by atoms with van der Waals surface area (Å²) < 4.78 is 7.29. The molecular weight excluding hydrogens is 512 g/mol. The monoisotopic (exact) mass is 540 g/mol. The number of likely N-dealkylation sites (N-methyl/N-ethyl adjacent to an activating group) is 1. The first kappa shape index (κ1) is 26.3. The Bertz CT molecular complexity index is 1620. The van der Waals surface area contributed by atoms with Crippen LogP contribution in [0.4, 0.5) is 0 Å². The zero-order valence-corrected chi connectivity index (χ0v) is 22.5. The van der Waals surface area contributed by atoms with E-state index >= 15 is 0 Å². The third-order valence-electron chi connectivity index (χ3n) is 6.28. The largest absolute Gasteiger partial charge is 0.409 e. The van der Waals surface area contributed by atoms with Crippen molar-refractivity contribution in [2.24, 2.45) is 0 Å². The smallest absolute Gasteiger partial charge is 0.277 e. The summed E-state index contributed by atoms with van der Waals surface area (Å²) in [5, 5.41) is 17.2. The molecule has 3 aromatic carbocycles. The number of carbonyl (C=O) groups excluding carboxylic acids is 1. The van der Waals surface area contributed by atoms with Crippen molar-refractivity contribution in [3.05, 3.63) is 106 Å². The second-order valence-corrected chi connectivity index (χ2v) is 10.1. The lowest BCUT2D eigenvalue weighted by Gasteiger charge is -2.25. The summed E-state index contributed by atoms with van der Waals surface area (Å²) in [6, 6.07) is 27.0. The predicted octanol–water partition coefficient (Wildman–Crippen LogP) is 4.01. The van der Waals surface area contributed by atoms with Gasteiger partial charge in [0.2, 0.25) is 5.91 Å². The van der Waals surface area contributed by atoms with Crippen LogP contribution in [0.3, 0.4) is 0 Å². The van der Waals surface area contributed by atoms with Crippen molar-refractivity contribution in [1.29, 1.82) is 0 Å². The molecule has 1 N–H and O–H groups in total. The second kappa shape index (κ2) is 12.1. The number of nitrogens with zero attached hydrogens (tertiary/aromatic N) is 5. The summed E-state index contributed by atoms with van der Waals surface area (Å²) >= 11 is 1.15. The van der Waals surface area contributed by atoms with E-state index in [0.29, 0.717) is 29.6 Å². The molecule has 0 unspecified atom stereocenters. The van der Waals surface area contributed by atoms with E-state index in [0.717, 1.165) is 22.9 Å². The molecule has 0 radical (unpaired) electrons. The van der Waals surface area contributed by atoms with E-state index in [1.807, 2.05) is 93.0 Å². The molecule has 0 bridgehead atoms. The highest BCUT2D eigenvalue weighted by molar-refractivity contribution is 7.99. The van der Waals surface area contributed by atoms with Crippen LogP contribution in [0, 0.1) is 0 Å². The third-order valence-corrected chi connectivity index (χ3v) is 7.10. The molecule has 39 heavy (non-hydrogen) atoms. The highest BCUT2D eigenvalue weighted by Crippen LogP contribution is 2.27. The highest BCUT2D eigenvalue weighted by Gasteiger charge is 2.19. The quantitative estimate of drug-likeness (QED) is 0.265. The number of carbonyl (C=O) groups is 1. The Labute approximate surface area is 229 Å². The summed E-state index contributed by atoms with van der Waals surface area (Å²) in [5.41, 5.74) is 2.30. The molecule has 1 atom stereocenters. The fourth-order valence-corrected chi connectivity index (χ4v) is 4.88. The summed E-state index contributed by atoms with van der Waals surface area (Å²) in [7, 11) is 3.97. The molecule has 0 aliphatic heterocycles. The van der Waals surface area contributed by atoms with Gasteiger partial charge in [-0.15, -0.1) is 10.2 Å². The number of thioether (sulfide) groups is 1. The minimum atomic E-state index is -0.199. The van der Waals surface area contributed by atoms with Crippen molar-refractivity contribution in [3.8, 4) is 11.6 Å². The van der Waals surface area contributed by atoms with Crippen molar-refractivity contribution < 1.29 is 9.21 Å². The molecule has 0 aliphatic carbocycles. The maximum atomic E-state index is 13.1. The fraction of sp³-hybridized carbons (Fsp3) is 0.207. The predicted molar refractivity (Wildman–Crippen MR) is 151 cm³/mol. The Morgan fingerprint density at radius 1 is 0.949 bits per heavy atom. The third kappa shape index (κ3) is 6.24. The average Bonchev–Trinajstić information content (AvgIpc) is 3.43. The van der Waals surface area contributed by atoms with Gasteiger partial charge in [0.25, 0.3) is 16.7 Å². The van der Waals surface area contributed by atoms with Crippen LogP contribution in [0.2, 0.25) is 0 Å². The van der Waals surface area contributed by atoms with Gasteiger partial charge in [-0.05, 0) is 31.3 Å². The van der Waals surface area contributed by atoms with E-state index in [9.17, 15) is 9.59 Å². The van der Waals surface area contributed by atoms with Gasteiger partial charge in [-0.1, -0.05) is 90.6 Å². The summed E-state index contributed by atoms with van der Waals surface area (Å²) in [6.07, 6.45) is 0. The van der Waals surface area contributed by atoms with Gasteiger partial charge >= 0.3 is 0 Å². The summed E-state index contributed by atoms with van der Waals surface area (Å²) in [6.45, 7) is 0.786. The highest BCUT2D eigenvalue weighted by atomic mass is 32.2. The van der Waals surface area contributed by atoms with Crippen LogP contribution in [-0.4, -0.2) is 57.2 Å². The maximum Gasteiger partial charge on any atom is 0.277 e. The molecule has 198 valence electrons. The van der Waals surface area contributed by atoms with Crippen molar-refractivity contribution in [1.82, 2.24) is 30.2 Å². The first-order valence-electron chi connectivity index (χ1n) is 12.5. The molecule has 0 saturated carbocycles. The number of rotatable bonds is 10. The van der Waals surface area contributed by atoms with Crippen molar-refractivity contribution in [3.63, 3.8) is 0 Å². The first-order valence-corrected chi connectivity index (χ1v) is 13.5. The molecule has 2 aromatic heterocycles. The lowest BCUT2D eigenvalue weighted by molar-refractivity contribution is -0.118. The SMILES string of the molecule is CN(C)[C@H](CNC(=O)CSc1nnc(-c2nn(Cc3ccccc3)c(=O)c3ccccc23)o1)c1ccccc1. The molecule has 0 fully saturated rings. The van der Waals surface area contributed by atoms with Gasteiger partial charge in [-0.25, -0.2) is 4.68 Å². The summed E-state index contributed by atoms with van der Waals surface area (Å²) in [4.78, 5) is 27.8. The van der Waals surface area contributed by atoms with Gasteiger partial charge in [0.05, 0.1) is 23.7 Å². The standard InChI is InChI=1S/C29H28N6O3S/c1-34(2)24(21-13-7-4-8-14-21)17-30-25(36)19-39-29-32-31-27(38-29)26-22-15-9-10-16-23(22)28(37)35(33-26)18-20-11-5-3-6-12-20/h3-16,24H,17-19H2,1-2H3,(H,30,36)/t24-/m1/s1. The molecule has 0 spiro atoms. The molecule has 9 nitrogen and oxygen atoms in total. The Morgan fingerprint density at radius 3 is 2.33 bits per heavy atom. The van der Waals surface area contributed by atoms with Crippen molar-refractivity contribution >= 4 is 28.4 Å². The molecule has 5 aromatic rings. The number of hydrogen-bond acceptors (Lipinski definition) is 8. The Kier molecular flexibility index (Phi) is 8.14. The van der Waals surface area contributed by atoms with Crippen LogP contribution in [0.25, 0.3) is 22.4 Å². The second-order valence-electron chi connectivity index (χ2n) is 9.20. The van der Waals surface area contributed by atoms with Crippen LogP contribution in [-0.2, 0) is 11.3 Å². The molecule has 1 amide bonds. The number of nitrogens with one attached hydrogen (secondary N) is 1. The van der Waals surface area contributed by atoms with E-state index in [-0.39, 0.29) is 34.4 Å². The lowest BCUT2D eigenvalue weighted by atomic mass is 10.1. The molecule has 2 heterocycles. The van der Waals surface area contributed by atoms with E-state index < -0.39 is 0 Å². The van der Waals surface area contributed by atoms with Crippen LogP contribution < -0.4 is 10.9 Å². The van der Waals surface area contributed by atoms with Crippen molar-refractivity contribution in [2.75, 3.05) is 26.4 Å². The number of hydrogen-bond donors (Lipinski definition) is 1. The van der Waals surface area contributed by atoms with E-state index in [1.165, 1.54) is 4.68 Å². The van der Waals surface area contributed by atoms with E-state index in [4.69, 9.17) is 4.42 Å². The van der Waals surface area contributed by atoms with Gasteiger partial charge in [0, 0.05) is 11.9 Å². The maximum absolute atomic E-state index is 13.1. The minimum absolute atomic E-state index is 0.0566. The molecule has 0 aliphatic rings. The Hall–Kier alpha value is -4.28. The average molecular weight is 541 g/mol. The lowest BCUT2D eigenvalue weighted by Crippen LogP contribution is -2.35.